The maximum atomic E-state index is 5.51. The summed E-state index contributed by atoms with van der Waals surface area (Å²) in [4.78, 5) is 0. The monoisotopic (exact) mass is 283 g/mol. The number of hydrogen-bond acceptors (Lipinski definition) is 2. The zero-order chi connectivity index (χ0) is 15.2. The lowest BCUT2D eigenvalue weighted by atomic mass is 9.96. The van der Waals surface area contributed by atoms with Crippen LogP contribution in [0.4, 0.5) is 5.69 Å². The lowest BCUT2D eigenvalue weighted by molar-refractivity contribution is 0.415. The number of benzene rings is 2. The van der Waals surface area contributed by atoms with Crippen LogP contribution in [0, 0.1) is 12.8 Å². The molecule has 2 rings (SSSR count). The molecule has 1 atom stereocenters. The molecule has 0 aliphatic carbocycles. The van der Waals surface area contributed by atoms with Crippen molar-refractivity contribution in [2.24, 2.45) is 5.92 Å². The zero-order valence-corrected chi connectivity index (χ0v) is 13.4. The van der Waals surface area contributed by atoms with E-state index < -0.39 is 0 Å². The molecule has 0 saturated heterocycles. The molecular formula is C19H25NO. The average Bonchev–Trinajstić information content (AvgIpc) is 2.48. The minimum Gasteiger partial charge on any atom is -0.495 e. The third kappa shape index (κ3) is 4.25. The summed E-state index contributed by atoms with van der Waals surface area (Å²) in [7, 11) is 1.72. The SMILES string of the molecule is COc1cc(C)ccc1NC(CC(C)C)c1ccccc1. The van der Waals surface area contributed by atoms with E-state index >= 15 is 0 Å². The summed E-state index contributed by atoms with van der Waals surface area (Å²) in [5.41, 5.74) is 3.57. The van der Waals surface area contributed by atoms with Gasteiger partial charge in [-0.1, -0.05) is 50.2 Å². The first-order chi connectivity index (χ1) is 10.1. The second kappa shape index (κ2) is 7.16. The second-order valence-electron chi connectivity index (χ2n) is 5.94. The largest absolute Gasteiger partial charge is 0.495 e. The maximum absolute atomic E-state index is 5.51. The smallest absolute Gasteiger partial charge is 0.142 e. The van der Waals surface area contributed by atoms with Crippen molar-refractivity contribution in [1.82, 2.24) is 0 Å². The summed E-state index contributed by atoms with van der Waals surface area (Å²) >= 11 is 0. The number of rotatable bonds is 6. The Balaban J connectivity index is 2.27. The van der Waals surface area contributed by atoms with E-state index in [2.05, 4.69) is 74.6 Å². The van der Waals surface area contributed by atoms with Crippen LogP contribution in [-0.4, -0.2) is 7.11 Å². The predicted molar refractivity (Wildman–Crippen MR) is 90.0 cm³/mol. The fourth-order valence-corrected chi connectivity index (χ4v) is 2.54. The molecule has 0 amide bonds. The molecule has 0 saturated carbocycles. The number of methoxy groups -OCH3 is 1. The van der Waals surface area contributed by atoms with Crippen LogP contribution >= 0.6 is 0 Å². The Morgan fingerprint density at radius 3 is 2.38 bits per heavy atom. The van der Waals surface area contributed by atoms with E-state index in [1.54, 1.807) is 7.11 Å². The van der Waals surface area contributed by atoms with Crippen molar-refractivity contribution in [3.05, 3.63) is 59.7 Å². The number of nitrogens with one attached hydrogen (secondary N) is 1. The van der Waals surface area contributed by atoms with Crippen molar-refractivity contribution in [1.29, 1.82) is 0 Å². The molecule has 0 heterocycles. The first-order valence-corrected chi connectivity index (χ1v) is 7.56. The van der Waals surface area contributed by atoms with Gasteiger partial charge in [0.1, 0.15) is 5.75 Å². The van der Waals surface area contributed by atoms with Gasteiger partial charge in [0.05, 0.1) is 18.8 Å². The van der Waals surface area contributed by atoms with Crippen LogP contribution in [0.2, 0.25) is 0 Å². The van der Waals surface area contributed by atoms with Gasteiger partial charge in [0.2, 0.25) is 0 Å². The molecule has 2 heteroatoms. The summed E-state index contributed by atoms with van der Waals surface area (Å²) < 4.78 is 5.51. The maximum Gasteiger partial charge on any atom is 0.142 e. The molecule has 2 aromatic rings. The topological polar surface area (TPSA) is 21.3 Å². The Morgan fingerprint density at radius 1 is 1.05 bits per heavy atom. The Kier molecular flexibility index (Phi) is 5.26. The Hall–Kier alpha value is -1.96. The van der Waals surface area contributed by atoms with Crippen LogP contribution in [0.15, 0.2) is 48.5 Å². The standard InChI is InChI=1S/C19H25NO/c1-14(2)12-18(16-8-6-5-7-9-16)20-17-11-10-15(3)13-19(17)21-4/h5-11,13-14,18,20H,12H2,1-4H3. The van der Waals surface area contributed by atoms with E-state index in [9.17, 15) is 0 Å². The summed E-state index contributed by atoms with van der Waals surface area (Å²) in [5.74, 6) is 1.53. The van der Waals surface area contributed by atoms with E-state index in [0.717, 1.165) is 17.9 Å². The Bertz CT molecular complexity index is 563. The van der Waals surface area contributed by atoms with Crippen molar-refractivity contribution in [2.75, 3.05) is 12.4 Å². The van der Waals surface area contributed by atoms with Gasteiger partial charge >= 0.3 is 0 Å². The minimum absolute atomic E-state index is 0.294. The lowest BCUT2D eigenvalue weighted by Gasteiger charge is -2.23. The number of aryl methyl sites for hydroxylation is 1. The first-order valence-electron chi connectivity index (χ1n) is 7.56. The van der Waals surface area contributed by atoms with Crippen LogP contribution < -0.4 is 10.1 Å². The molecule has 1 N–H and O–H groups in total. The van der Waals surface area contributed by atoms with Crippen LogP contribution in [0.25, 0.3) is 0 Å². The molecule has 0 aliphatic heterocycles. The summed E-state index contributed by atoms with van der Waals surface area (Å²) in [6.45, 7) is 6.59. The van der Waals surface area contributed by atoms with E-state index in [0.29, 0.717) is 12.0 Å². The number of ether oxygens (including phenoxy) is 1. The van der Waals surface area contributed by atoms with Gasteiger partial charge in [-0.25, -0.2) is 0 Å². The van der Waals surface area contributed by atoms with Crippen LogP contribution in [0.3, 0.4) is 0 Å². The second-order valence-corrected chi connectivity index (χ2v) is 5.94. The zero-order valence-electron chi connectivity index (χ0n) is 13.4. The summed E-state index contributed by atoms with van der Waals surface area (Å²) in [5, 5.41) is 3.65. The van der Waals surface area contributed by atoms with Crippen molar-refractivity contribution < 1.29 is 4.74 Å². The highest BCUT2D eigenvalue weighted by atomic mass is 16.5. The van der Waals surface area contributed by atoms with Gasteiger partial charge in [0.25, 0.3) is 0 Å². The molecule has 21 heavy (non-hydrogen) atoms. The van der Waals surface area contributed by atoms with Gasteiger partial charge in [-0.05, 0) is 42.5 Å². The molecule has 112 valence electrons. The number of anilines is 1. The molecular weight excluding hydrogens is 258 g/mol. The average molecular weight is 283 g/mol. The van der Waals surface area contributed by atoms with Gasteiger partial charge < -0.3 is 10.1 Å². The normalized spacial score (nSPS) is 12.2. The fourth-order valence-electron chi connectivity index (χ4n) is 2.54. The lowest BCUT2D eigenvalue weighted by Crippen LogP contribution is -2.14. The van der Waals surface area contributed by atoms with E-state index in [4.69, 9.17) is 4.74 Å². The summed E-state index contributed by atoms with van der Waals surface area (Å²) in [6, 6.07) is 17.2. The van der Waals surface area contributed by atoms with Crippen molar-refractivity contribution in [2.45, 2.75) is 33.2 Å². The molecule has 1 unspecified atom stereocenters. The number of hydrogen-bond donors (Lipinski definition) is 1. The van der Waals surface area contributed by atoms with Gasteiger partial charge in [-0.15, -0.1) is 0 Å². The molecule has 0 fully saturated rings. The molecule has 2 aromatic carbocycles. The van der Waals surface area contributed by atoms with Crippen LogP contribution in [-0.2, 0) is 0 Å². The van der Waals surface area contributed by atoms with E-state index in [-0.39, 0.29) is 0 Å². The van der Waals surface area contributed by atoms with E-state index in [1.165, 1.54) is 11.1 Å². The van der Waals surface area contributed by atoms with Crippen molar-refractivity contribution >= 4 is 5.69 Å². The van der Waals surface area contributed by atoms with Gasteiger partial charge in [0, 0.05) is 0 Å². The minimum atomic E-state index is 0.294. The third-order valence-corrected chi connectivity index (χ3v) is 3.60. The van der Waals surface area contributed by atoms with Gasteiger partial charge in [-0.3, -0.25) is 0 Å². The molecule has 0 aromatic heterocycles. The fraction of sp³-hybridized carbons (Fsp3) is 0.368. The predicted octanol–water partition coefficient (Wildman–Crippen LogP) is 5.20. The van der Waals surface area contributed by atoms with Crippen molar-refractivity contribution in [3.8, 4) is 5.75 Å². The highest BCUT2D eigenvalue weighted by Crippen LogP contribution is 2.31. The third-order valence-electron chi connectivity index (χ3n) is 3.60. The Labute approximate surface area is 128 Å². The molecule has 0 aliphatic rings. The van der Waals surface area contributed by atoms with Crippen LogP contribution in [0.5, 0.6) is 5.75 Å². The molecule has 0 bridgehead atoms. The molecule has 0 radical (unpaired) electrons. The first kappa shape index (κ1) is 15.4. The van der Waals surface area contributed by atoms with E-state index in [1.807, 2.05) is 0 Å². The summed E-state index contributed by atoms with van der Waals surface area (Å²) in [6.07, 6.45) is 1.08. The molecule has 0 spiro atoms. The van der Waals surface area contributed by atoms with Crippen LogP contribution in [0.1, 0.15) is 37.4 Å². The van der Waals surface area contributed by atoms with Crippen molar-refractivity contribution in [3.63, 3.8) is 0 Å². The highest BCUT2D eigenvalue weighted by Gasteiger charge is 2.15. The van der Waals surface area contributed by atoms with Gasteiger partial charge in [-0.2, -0.15) is 0 Å². The van der Waals surface area contributed by atoms with Gasteiger partial charge in [0.15, 0.2) is 0 Å². The quantitative estimate of drug-likeness (QED) is 0.786. The Morgan fingerprint density at radius 2 is 1.76 bits per heavy atom. The molecule has 2 nitrogen and oxygen atoms in total. The highest BCUT2D eigenvalue weighted by molar-refractivity contribution is 5.58.